The van der Waals surface area contributed by atoms with Gasteiger partial charge in [0.15, 0.2) is 0 Å². The lowest BCUT2D eigenvalue weighted by Gasteiger charge is -2.32. The zero-order valence-electron chi connectivity index (χ0n) is 41.8. The number of nitrogen functional groups attached to an aromatic ring is 1. The summed E-state index contributed by atoms with van der Waals surface area (Å²) in [6.07, 6.45) is 2.41. The van der Waals surface area contributed by atoms with Gasteiger partial charge in [0.2, 0.25) is 10.0 Å². The summed E-state index contributed by atoms with van der Waals surface area (Å²) in [4.78, 5) is 46.9. The van der Waals surface area contributed by atoms with Crippen molar-refractivity contribution in [3.05, 3.63) is 162 Å². The lowest BCUT2D eigenvalue weighted by Crippen LogP contribution is -2.42. The molecule has 0 aliphatic carbocycles. The molecule has 3 aliphatic rings. The number of amides is 2. The molecule has 6 aromatic rings. The Hall–Kier alpha value is -6.89. The molecule has 28 heteroatoms. The van der Waals surface area contributed by atoms with Gasteiger partial charge in [-0.25, -0.2) is 25.3 Å². The Labute approximate surface area is 458 Å². The number of nitrogens with zero attached hydrogens (tertiary/aromatic N) is 5. The number of ether oxygens (including phenoxy) is 1. The van der Waals surface area contributed by atoms with Gasteiger partial charge in [-0.05, 0) is 98.5 Å². The van der Waals surface area contributed by atoms with Crippen molar-refractivity contribution < 1.29 is 49.4 Å². The van der Waals surface area contributed by atoms with Crippen molar-refractivity contribution in [2.24, 2.45) is 0 Å². The number of hydrogen-bond donors (Lipinski definition) is 5. The maximum absolute atomic E-state index is 13.3. The summed E-state index contributed by atoms with van der Waals surface area (Å²) in [6.45, 7) is 2.98. The summed E-state index contributed by atoms with van der Waals surface area (Å²) in [5.41, 5.74) is 8.29. The Kier molecular flexibility index (Phi) is 18.6. The van der Waals surface area contributed by atoms with Gasteiger partial charge in [-0.3, -0.25) is 29.8 Å². The minimum atomic E-state index is -3.73. The minimum Gasteiger partial charge on any atom is -0.397 e. The van der Waals surface area contributed by atoms with Crippen molar-refractivity contribution in [3.8, 4) is 0 Å². The second kappa shape index (κ2) is 25.3. The summed E-state index contributed by atoms with van der Waals surface area (Å²) in [7, 11) is -11.0. The number of nitrogens with one attached hydrogen (secondary N) is 4. The fraction of sp³-hybridized carbons (Fsp3) is 0.320. The van der Waals surface area contributed by atoms with Crippen molar-refractivity contribution in [2.75, 3.05) is 68.8 Å². The van der Waals surface area contributed by atoms with Crippen LogP contribution in [0.5, 0.6) is 0 Å². The third-order valence-electron chi connectivity index (χ3n) is 13.0. The predicted octanol–water partition coefficient (Wildman–Crippen LogP) is 6.31. The number of para-hydroxylation sites is 2. The number of nitro benzene ring substituents is 2. The lowest BCUT2D eigenvalue weighted by atomic mass is 10.1. The summed E-state index contributed by atoms with van der Waals surface area (Å²) >= 11 is 2.18. The number of thiophene rings is 2. The molecule has 0 unspecified atom stereocenters. The highest BCUT2D eigenvalue weighted by Gasteiger charge is 2.33. The van der Waals surface area contributed by atoms with E-state index in [0.29, 0.717) is 99.3 Å². The third-order valence-corrected chi connectivity index (χ3v) is 21.8. The number of carbonyl (C=O) groups is 2. The fourth-order valence-corrected chi connectivity index (χ4v) is 16.0. The first-order valence-corrected chi connectivity index (χ1v) is 30.5. The van der Waals surface area contributed by atoms with E-state index >= 15 is 0 Å². The standard InChI is InChI=1S/C27H31N5O8S3.C23H25N5O5S2/c33-27(20-4-6-23(7-5-20)32(34)35)28-19-24-8-9-26(41-24)43(38,39)30-12-10-21(11-13-30)29-22-2-1-3-25(18-22)42(36,37)31-14-16-40-17-15-31;24-20-6-1-2-7-21(20)26-17-10-12-27(13-11-17)35(32,33)22-9-8-19(34-22)15-25-23(29)16-4-3-5-18(14-16)28(30)31/h1-9,18,21,29H,10-17,19H2,(H,28,33);1-9,14,17,26H,10-13,15,24H2,(H,25,29). The molecule has 78 heavy (non-hydrogen) atoms. The number of rotatable bonds is 18. The molecule has 414 valence electrons. The van der Waals surface area contributed by atoms with Crippen LogP contribution in [0.25, 0.3) is 0 Å². The molecule has 4 aromatic carbocycles. The molecule has 3 saturated heterocycles. The van der Waals surface area contributed by atoms with E-state index in [1.165, 1.54) is 67.5 Å². The molecule has 0 bridgehead atoms. The van der Waals surface area contributed by atoms with Crippen LogP contribution >= 0.6 is 22.7 Å². The summed E-state index contributed by atoms with van der Waals surface area (Å²) in [5, 5.41) is 33.8. The number of piperidine rings is 2. The van der Waals surface area contributed by atoms with Crippen molar-refractivity contribution >= 4 is 93.0 Å². The van der Waals surface area contributed by atoms with Crippen molar-refractivity contribution in [2.45, 2.75) is 64.2 Å². The average molecular weight is 1170 g/mol. The first-order chi connectivity index (χ1) is 37.3. The van der Waals surface area contributed by atoms with Crippen LogP contribution in [0.4, 0.5) is 28.4 Å². The maximum atomic E-state index is 13.3. The van der Waals surface area contributed by atoms with Crippen LogP contribution in [0.15, 0.2) is 135 Å². The molecule has 3 aliphatic heterocycles. The molecule has 3 fully saturated rings. The highest BCUT2D eigenvalue weighted by molar-refractivity contribution is 7.91. The zero-order valence-corrected chi connectivity index (χ0v) is 45.8. The Morgan fingerprint density at radius 3 is 1.63 bits per heavy atom. The molecular weight excluding hydrogens is 1110 g/mol. The van der Waals surface area contributed by atoms with Crippen LogP contribution in [0.3, 0.4) is 0 Å². The largest absolute Gasteiger partial charge is 0.397 e. The number of benzene rings is 4. The topological polar surface area (TPSA) is 316 Å². The number of carbonyl (C=O) groups excluding carboxylic acids is 2. The second-order valence-corrected chi connectivity index (χ2v) is 26.8. The summed E-state index contributed by atoms with van der Waals surface area (Å²) in [5.74, 6) is -0.897. The Bertz CT molecular complexity index is 3470. The van der Waals surface area contributed by atoms with E-state index in [4.69, 9.17) is 10.5 Å². The normalized spacial score (nSPS) is 16.3. The molecule has 0 saturated carbocycles. The Morgan fingerprint density at radius 2 is 1.08 bits per heavy atom. The third kappa shape index (κ3) is 14.2. The van der Waals surface area contributed by atoms with Gasteiger partial charge in [0.1, 0.15) is 8.42 Å². The maximum Gasteiger partial charge on any atom is 0.270 e. The molecule has 9 rings (SSSR count). The first kappa shape index (κ1) is 57.3. The zero-order chi connectivity index (χ0) is 55.6. The number of anilines is 3. The highest BCUT2D eigenvalue weighted by atomic mass is 32.3. The van der Waals surface area contributed by atoms with Crippen LogP contribution in [-0.4, -0.2) is 124 Å². The smallest absolute Gasteiger partial charge is 0.270 e. The predicted molar refractivity (Wildman–Crippen MR) is 295 cm³/mol. The van der Waals surface area contributed by atoms with Crippen molar-refractivity contribution in [1.29, 1.82) is 0 Å². The minimum absolute atomic E-state index is 0.0266. The van der Waals surface area contributed by atoms with Crippen LogP contribution in [0, 0.1) is 20.2 Å². The molecule has 5 heterocycles. The molecule has 23 nitrogen and oxygen atoms in total. The van der Waals surface area contributed by atoms with E-state index in [1.807, 2.05) is 24.3 Å². The molecular formula is C50H56N10O13S5. The quantitative estimate of drug-likeness (QED) is 0.0358. The van der Waals surface area contributed by atoms with Crippen LogP contribution in [0.1, 0.15) is 56.2 Å². The van der Waals surface area contributed by atoms with E-state index in [9.17, 15) is 55.1 Å². The monoisotopic (exact) mass is 1160 g/mol. The SMILES string of the molecule is Nc1ccccc1NC1CCN(S(=O)(=O)c2ccc(CNC(=O)c3cccc([N+](=O)[O-])c3)s2)CC1.O=C(NCc1ccc(S(=O)(=O)N2CCC(Nc3cccc(S(=O)(=O)N4CCOCC4)c3)CC2)s1)c1ccc([N+](=O)[O-])cc1. The fourth-order valence-electron chi connectivity index (χ4n) is 8.72. The van der Waals surface area contributed by atoms with Gasteiger partial charge in [-0.2, -0.15) is 12.9 Å². The average Bonchev–Trinajstić information content (AvgIpc) is 4.16. The van der Waals surface area contributed by atoms with E-state index in [2.05, 4.69) is 21.3 Å². The molecule has 2 amide bonds. The van der Waals surface area contributed by atoms with Gasteiger partial charge in [-0.1, -0.05) is 24.3 Å². The van der Waals surface area contributed by atoms with E-state index in [0.717, 1.165) is 28.4 Å². The summed E-state index contributed by atoms with van der Waals surface area (Å²) in [6, 6.07) is 31.3. The van der Waals surface area contributed by atoms with E-state index in [-0.39, 0.29) is 61.0 Å². The van der Waals surface area contributed by atoms with E-state index < -0.39 is 51.7 Å². The number of nitro groups is 2. The highest BCUT2D eigenvalue weighted by Crippen LogP contribution is 2.31. The van der Waals surface area contributed by atoms with Crippen molar-refractivity contribution in [3.63, 3.8) is 0 Å². The van der Waals surface area contributed by atoms with Crippen LogP contribution in [0.2, 0.25) is 0 Å². The number of sulfonamides is 3. The lowest BCUT2D eigenvalue weighted by molar-refractivity contribution is -0.385. The number of morpholine rings is 1. The summed E-state index contributed by atoms with van der Waals surface area (Å²) < 4.78 is 88.9. The first-order valence-electron chi connectivity index (χ1n) is 24.6. The molecule has 0 radical (unpaired) electrons. The Morgan fingerprint density at radius 1 is 0.564 bits per heavy atom. The molecule has 6 N–H and O–H groups in total. The number of hydrogen-bond acceptors (Lipinski definition) is 18. The molecule has 2 aromatic heterocycles. The van der Waals surface area contributed by atoms with Crippen LogP contribution in [-0.2, 0) is 47.9 Å². The van der Waals surface area contributed by atoms with Gasteiger partial charge in [0, 0.05) is 102 Å². The van der Waals surface area contributed by atoms with Crippen molar-refractivity contribution in [1.82, 2.24) is 23.5 Å². The van der Waals surface area contributed by atoms with Gasteiger partial charge >= 0.3 is 0 Å². The van der Waals surface area contributed by atoms with Gasteiger partial charge in [0.05, 0.1) is 52.4 Å². The van der Waals surface area contributed by atoms with E-state index in [1.54, 1.807) is 42.5 Å². The Balaban J connectivity index is 0.000000210. The van der Waals surface area contributed by atoms with Crippen LogP contribution < -0.4 is 27.0 Å². The van der Waals surface area contributed by atoms with Gasteiger partial charge in [-0.15, -0.1) is 22.7 Å². The second-order valence-electron chi connectivity index (χ2n) is 18.2. The number of nitrogens with two attached hydrogens (primary N) is 1. The molecule has 0 atom stereocenters. The van der Waals surface area contributed by atoms with Gasteiger partial charge < -0.3 is 31.7 Å². The number of non-ortho nitro benzene ring substituents is 2. The molecule has 0 spiro atoms. The van der Waals surface area contributed by atoms with Gasteiger partial charge in [0.25, 0.3) is 43.2 Å².